The second-order valence-electron chi connectivity index (χ2n) is 5.99. The number of aromatic nitrogens is 4. The van der Waals surface area contributed by atoms with Gasteiger partial charge in [-0.25, -0.2) is 4.98 Å². The predicted molar refractivity (Wildman–Crippen MR) is 95.6 cm³/mol. The molecule has 24 heavy (non-hydrogen) atoms. The summed E-state index contributed by atoms with van der Waals surface area (Å²) in [5.74, 6) is 1.01. The fourth-order valence-corrected chi connectivity index (χ4v) is 4.09. The number of aryl methyl sites for hydroxylation is 1. The van der Waals surface area contributed by atoms with E-state index in [-0.39, 0.29) is 0 Å². The minimum absolute atomic E-state index is 0.771. The smallest absolute Gasteiger partial charge is 0.211 e. The van der Waals surface area contributed by atoms with Crippen LogP contribution in [0.4, 0.5) is 0 Å². The fraction of sp³-hybridized carbons (Fsp3) is 0.471. The molecule has 0 radical (unpaired) electrons. The van der Waals surface area contributed by atoms with E-state index in [1.165, 1.54) is 5.52 Å². The quantitative estimate of drug-likeness (QED) is 0.700. The first-order chi connectivity index (χ1) is 11.9. The van der Waals surface area contributed by atoms with Crippen molar-refractivity contribution >= 4 is 33.8 Å². The molecule has 0 saturated carbocycles. The number of hydrogen-bond acceptors (Lipinski definition) is 5. The molecule has 0 unspecified atom stereocenters. The Morgan fingerprint density at radius 2 is 2.04 bits per heavy atom. The van der Waals surface area contributed by atoms with Gasteiger partial charge >= 0.3 is 0 Å². The number of morpholine rings is 1. The summed E-state index contributed by atoms with van der Waals surface area (Å²) in [4.78, 5) is 6.39. The first-order valence-electron chi connectivity index (χ1n) is 8.52. The molecule has 3 heterocycles. The highest BCUT2D eigenvalue weighted by molar-refractivity contribution is 7.99. The maximum absolute atomic E-state index is 5.40. The second-order valence-corrected chi connectivity index (χ2v) is 7.05. The van der Waals surface area contributed by atoms with Crippen LogP contribution < -0.4 is 4.90 Å². The third-order valence-electron chi connectivity index (χ3n) is 4.56. The van der Waals surface area contributed by atoms with Crippen LogP contribution in [0, 0.1) is 0 Å². The molecule has 2 aromatic heterocycles. The number of rotatable bonds is 5. The second kappa shape index (κ2) is 7.04. The van der Waals surface area contributed by atoms with Crippen molar-refractivity contribution in [1.82, 2.24) is 19.7 Å². The lowest BCUT2D eigenvalue weighted by atomic mass is 10.2. The van der Waals surface area contributed by atoms with Crippen LogP contribution in [0.15, 0.2) is 29.4 Å². The zero-order chi connectivity index (χ0) is 16.4. The Kier molecular flexibility index (Phi) is 4.64. The van der Waals surface area contributed by atoms with Crippen LogP contribution in [0.3, 0.4) is 0 Å². The Labute approximate surface area is 145 Å². The summed E-state index contributed by atoms with van der Waals surface area (Å²) in [6, 6.07) is 8.31. The zero-order valence-corrected chi connectivity index (χ0v) is 14.7. The Hall–Kier alpha value is -1.70. The molecule has 7 heteroatoms. The highest BCUT2D eigenvalue weighted by Crippen LogP contribution is 2.26. The van der Waals surface area contributed by atoms with Gasteiger partial charge < -0.3 is 14.2 Å². The molecular formula is C17H22N5OS+. The highest BCUT2D eigenvalue weighted by atomic mass is 32.2. The van der Waals surface area contributed by atoms with E-state index in [0.717, 1.165) is 66.9 Å². The molecule has 0 spiro atoms. The van der Waals surface area contributed by atoms with Gasteiger partial charge in [0.15, 0.2) is 5.65 Å². The number of ether oxygens (including phenoxy) is 1. The van der Waals surface area contributed by atoms with Crippen LogP contribution in [0.25, 0.3) is 22.1 Å². The summed E-state index contributed by atoms with van der Waals surface area (Å²) >= 11 is 1.70. The normalized spacial score (nSPS) is 16.2. The van der Waals surface area contributed by atoms with E-state index in [9.17, 15) is 0 Å². The van der Waals surface area contributed by atoms with Crippen molar-refractivity contribution in [2.75, 3.05) is 38.6 Å². The summed E-state index contributed by atoms with van der Waals surface area (Å²) in [5, 5.41) is 10.7. The number of fused-ring (bicyclic) bond motifs is 3. The fourth-order valence-electron chi connectivity index (χ4n) is 3.27. The molecule has 0 amide bonds. The molecule has 6 nitrogen and oxygen atoms in total. The number of para-hydroxylation sites is 1. The molecule has 1 aliphatic heterocycles. The van der Waals surface area contributed by atoms with Crippen molar-refractivity contribution in [3.63, 3.8) is 0 Å². The molecule has 0 atom stereocenters. The first kappa shape index (κ1) is 15.8. The Balaban J connectivity index is 1.55. The van der Waals surface area contributed by atoms with Crippen molar-refractivity contribution in [1.29, 1.82) is 0 Å². The van der Waals surface area contributed by atoms with Crippen molar-refractivity contribution in [3.05, 3.63) is 24.3 Å². The topological polar surface area (TPSA) is 57.3 Å². The largest absolute Gasteiger partial charge is 0.370 e. The first-order valence-corrected chi connectivity index (χ1v) is 9.51. The molecule has 1 aromatic carbocycles. The number of hydrogen-bond donors (Lipinski definition) is 1. The third-order valence-corrected chi connectivity index (χ3v) is 5.40. The van der Waals surface area contributed by atoms with Crippen molar-refractivity contribution in [2.24, 2.45) is 0 Å². The molecule has 1 fully saturated rings. The van der Waals surface area contributed by atoms with E-state index in [4.69, 9.17) is 9.72 Å². The van der Waals surface area contributed by atoms with Crippen LogP contribution in [-0.2, 0) is 11.3 Å². The molecule has 0 bridgehead atoms. The average molecular weight is 344 g/mol. The Morgan fingerprint density at radius 3 is 2.88 bits per heavy atom. The highest BCUT2D eigenvalue weighted by Gasteiger charge is 2.16. The number of benzene rings is 1. The lowest BCUT2D eigenvalue weighted by Crippen LogP contribution is -3.14. The Bertz CT molecular complexity index is 843. The third kappa shape index (κ3) is 2.99. The molecule has 1 N–H and O–H groups in total. The SMILES string of the molecule is CCn1c2ccccc2c2nnc(SCC[NH+]3CCOCC3)nc21. The number of nitrogens with one attached hydrogen (secondary N) is 1. The maximum atomic E-state index is 5.40. The predicted octanol–water partition coefficient (Wildman–Crippen LogP) is 1.01. The monoisotopic (exact) mass is 344 g/mol. The lowest BCUT2D eigenvalue weighted by molar-refractivity contribution is -0.905. The van der Waals surface area contributed by atoms with Crippen molar-refractivity contribution < 1.29 is 9.64 Å². The van der Waals surface area contributed by atoms with Gasteiger partial charge in [0.25, 0.3) is 0 Å². The van der Waals surface area contributed by atoms with Gasteiger partial charge in [0.1, 0.15) is 18.6 Å². The summed E-state index contributed by atoms with van der Waals surface area (Å²) in [7, 11) is 0. The number of thioether (sulfide) groups is 1. The molecule has 4 rings (SSSR count). The van der Waals surface area contributed by atoms with Gasteiger partial charge in [-0.15, -0.1) is 10.2 Å². The minimum atomic E-state index is 0.771. The molecule has 0 aliphatic carbocycles. The zero-order valence-electron chi connectivity index (χ0n) is 13.9. The summed E-state index contributed by atoms with van der Waals surface area (Å²) in [6.07, 6.45) is 0. The van der Waals surface area contributed by atoms with Gasteiger partial charge in [0, 0.05) is 11.9 Å². The van der Waals surface area contributed by atoms with E-state index in [0.29, 0.717) is 0 Å². The molecular weight excluding hydrogens is 322 g/mol. The standard InChI is InChI=1S/C17H21N5OS/c1-2-22-14-6-4-3-5-13(14)15-16(22)18-17(20-19-15)24-12-9-21-7-10-23-11-8-21/h3-6H,2,7-12H2,1H3/p+1. The van der Waals surface area contributed by atoms with Gasteiger partial charge in [-0.3, -0.25) is 0 Å². The lowest BCUT2D eigenvalue weighted by Gasteiger charge is -2.23. The molecule has 1 saturated heterocycles. The van der Waals surface area contributed by atoms with Gasteiger partial charge in [0.2, 0.25) is 5.16 Å². The molecule has 3 aromatic rings. The van der Waals surface area contributed by atoms with Gasteiger partial charge in [-0.1, -0.05) is 30.0 Å². The average Bonchev–Trinajstić information content (AvgIpc) is 2.95. The van der Waals surface area contributed by atoms with E-state index in [1.54, 1.807) is 16.7 Å². The van der Waals surface area contributed by atoms with Crippen molar-refractivity contribution in [2.45, 2.75) is 18.6 Å². The summed E-state index contributed by atoms with van der Waals surface area (Å²) < 4.78 is 7.62. The maximum Gasteiger partial charge on any atom is 0.211 e. The van der Waals surface area contributed by atoms with Crippen LogP contribution in [0.5, 0.6) is 0 Å². The van der Waals surface area contributed by atoms with Gasteiger partial charge in [-0.2, -0.15) is 0 Å². The van der Waals surface area contributed by atoms with Crippen LogP contribution in [0.2, 0.25) is 0 Å². The van der Waals surface area contributed by atoms with E-state index >= 15 is 0 Å². The van der Waals surface area contributed by atoms with Crippen LogP contribution in [-0.4, -0.2) is 58.3 Å². The molecule has 1 aliphatic rings. The van der Waals surface area contributed by atoms with Crippen LogP contribution >= 0.6 is 11.8 Å². The van der Waals surface area contributed by atoms with Crippen LogP contribution in [0.1, 0.15) is 6.92 Å². The van der Waals surface area contributed by atoms with E-state index < -0.39 is 0 Å². The van der Waals surface area contributed by atoms with Crippen molar-refractivity contribution in [3.8, 4) is 0 Å². The van der Waals surface area contributed by atoms with E-state index in [2.05, 4.69) is 39.9 Å². The molecule has 126 valence electrons. The number of nitrogens with zero attached hydrogens (tertiary/aromatic N) is 4. The summed E-state index contributed by atoms with van der Waals surface area (Å²) in [5.41, 5.74) is 3.02. The number of quaternary nitrogens is 1. The van der Waals surface area contributed by atoms with Gasteiger partial charge in [0.05, 0.1) is 31.0 Å². The Morgan fingerprint density at radius 1 is 1.21 bits per heavy atom. The summed E-state index contributed by atoms with van der Waals surface area (Å²) in [6.45, 7) is 8.09. The van der Waals surface area contributed by atoms with E-state index in [1.807, 2.05) is 6.07 Å². The minimum Gasteiger partial charge on any atom is -0.370 e. The van der Waals surface area contributed by atoms with Gasteiger partial charge in [-0.05, 0) is 13.0 Å².